The van der Waals surface area contributed by atoms with Crippen LogP contribution < -0.4 is 5.32 Å². The summed E-state index contributed by atoms with van der Waals surface area (Å²) in [5.74, 6) is -0.0114. The Morgan fingerprint density at radius 2 is 1.93 bits per heavy atom. The molecule has 0 spiro atoms. The Kier molecular flexibility index (Phi) is 6.23. The van der Waals surface area contributed by atoms with Gasteiger partial charge < -0.3 is 9.73 Å². The minimum atomic E-state index is -3.64. The molecule has 2 atom stereocenters. The molecule has 1 N–H and O–H groups in total. The van der Waals surface area contributed by atoms with E-state index >= 15 is 0 Å². The number of sulfone groups is 1. The van der Waals surface area contributed by atoms with Gasteiger partial charge in [-0.25, -0.2) is 13.4 Å². The van der Waals surface area contributed by atoms with E-state index in [4.69, 9.17) is 4.42 Å². The third kappa shape index (κ3) is 5.01. The van der Waals surface area contributed by atoms with Gasteiger partial charge in [0.15, 0.2) is 9.84 Å². The van der Waals surface area contributed by atoms with Gasteiger partial charge in [-0.05, 0) is 44.2 Å². The van der Waals surface area contributed by atoms with Gasteiger partial charge in [0.25, 0.3) is 0 Å². The second-order valence-electron chi connectivity index (χ2n) is 7.80. The van der Waals surface area contributed by atoms with E-state index < -0.39 is 21.5 Å². The first-order chi connectivity index (χ1) is 13.2. The SMILES string of the molecule is Cc1ccccc1-c1nc(CS(=O)(=O)CC(=O)N[C@@H]2CCCC[C@H]2C)c(C)o1. The van der Waals surface area contributed by atoms with Crippen LogP contribution in [0.3, 0.4) is 0 Å². The lowest BCUT2D eigenvalue weighted by Gasteiger charge is -2.29. The van der Waals surface area contributed by atoms with Crippen molar-refractivity contribution in [2.24, 2.45) is 5.92 Å². The van der Waals surface area contributed by atoms with Crippen LogP contribution in [0.5, 0.6) is 0 Å². The van der Waals surface area contributed by atoms with Crippen molar-refractivity contribution in [2.75, 3.05) is 5.75 Å². The molecule has 2 aromatic rings. The van der Waals surface area contributed by atoms with E-state index in [0.29, 0.717) is 23.3 Å². The predicted octanol–water partition coefficient (Wildman–Crippen LogP) is 3.57. The highest BCUT2D eigenvalue weighted by Gasteiger charge is 2.26. The maximum absolute atomic E-state index is 12.6. The summed E-state index contributed by atoms with van der Waals surface area (Å²) in [7, 11) is -3.64. The number of rotatable bonds is 6. The Bertz CT molecular complexity index is 949. The molecule has 3 rings (SSSR count). The molecule has 0 saturated heterocycles. The fourth-order valence-electron chi connectivity index (χ4n) is 3.73. The van der Waals surface area contributed by atoms with Gasteiger partial charge in [0.05, 0.1) is 11.4 Å². The van der Waals surface area contributed by atoms with E-state index in [0.717, 1.165) is 30.4 Å². The largest absolute Gasteiger partial charge is 0.441 e. The van der Waals surface area contributed by atoms with Crippen molar-refractivity contribution in [1.82, 2.24) is 10.3 Å². The number of nitrogens with one attached hydrogen (secondary N) is 1. The van der Waals surface area contributed by atoms with Gasteiger partial charge in [0.2, 0.25) is 11.8 Å². The second-order valence-corrected chi connectivity index (χ2v) is 9.87. The van der Waals surface area contributed by atoms with Gasteiger partial charge in [0, 0.05) is 11.6 Å². The molecule has 0 aliphatic heterocycles. The first-order valence-corrected chi connectivity index (χ1v) is 11.6. The summed E-state index contributed by atoms with van der Waals surface area (Å²) in [5.41, 5.74) is 2.19. The van der Waals surface area contributed by atoms with Gasteiger partial charge in [0.1, 0.15) is 11.5 Å². The number of hydrogen-bond acceptors (Lipinski definition) is 5. The number of nitrogens with zero attached hydrogens (tertiary/aromatic N) is 1. The first-order valence-electron chi connectivity index (χ1n) is 9.77. The van der Waals surface area contributed by atoms with Gasteiger partial charge >= 0.3 is 0 Å². The highest BCUT2D eigenvalue weighted by Crippen LogP contribution is 2.26. The number of benzene rings is 1. The quantitative estimate of drug-likeness (QED) is 0.795. The summed E-state index contributed by atoms with van der Waals surface area (Å²) in [6.07, 6.45) is 4.22. The number of carbonyl (C=O) groups excluding carboxylic acids is 1. The summed E-state index contributed by atoms with van der Waals surface area (Å²) in [4.78, 5) is 16.7. The molecule has 7 heteroatoms. The van der Waals surface area contributed by atoms with E-state index in [1.54, 1.807) is 6.92 Å². The molecule has 1 amide bonds. The maximum Gasteiger partial charge on any atom is 0.235 e. The van der Waals surface area contributed by atoms with Crippen LogP contribution >= 0.6 is 0 Å². The van der Waals surface area contributed by atoms with Crippen molar-refractivity contribution in [3.63, 3.8) is 0 Å². The van der Waals surface area contributed by atoms with Crippen LogP contribution in [0.15, 0.2) is 28.7 Å². The summed E-state index contributed by atoms with van der Waals surface area (Å²) >= 11 is 0. The van der Waals surface area contributed by atoms with Crippen LogP contribution in [0.1, 0.15) is 49.6 Å². The molecule has 1 fully saturated rings. The molecule has 6 nitrogen and oxygen atoms in total. The second kappa shape index (κ2) is 8.47. The topological polar surface area (TPSA) is 89.3 Å². The molecule has 1 heterocycles. The molecule has 152 valence electrons. The summed E-state index contributed by atoms with van der Waals surface area (Å²) < 4.78 is 30.8. The lowest BCUT2D eigenvalue weighted by Crippen LogP contribution is -2.43. The van der Waals surface area contributed by atoms with Gasteiger partial charge in [-0.2, -0.15) is 0 Å². The fourth-order valence-corrected chi connectivity index (χ4v) is 5.00. The molecule has 1 aliphatic rings. The van der Waals surface area contributed by atoms with Gasteiger partial charge in [-0.3, -0.25) is 4.79 Å². The smallest absolute Gasteiger partial charge is 0.235 e. The zero-order chi connectivity index (χ0) is 20.3. The fraction of sp³-hybridized carbons (Fsp3) is 0.524. The minimum absolute atomic E-state index is 0.0675. The zero-order valence-electron chi connectivity index (χ0n) is 16.7. The minimum Gasteiger partial charge on any atom is -0.441 e. The molecule has 1 aromatic heterocycles. The van der Waals surface area contributed by atoms with Crippen molar-refractivity contribution in [1.29, 1.82) is 0 Å². The lowest BCUT2D eigenvalue weighted by molar-refractivity contribution is -0.119. The van der Waals surface area contributed by atoms with Crippen molar-refractivity contribution in [3.8, 4) is 11.5 Å². The Morgan fingerprint density at radius 3 is 2.64 bits per heavy atom. The van der Waals surface area contributed by atoms with E-state index in [1.807, 2.05) is 31.2 Å². The molecular weight excluding hydrogens is 376 g/mol. The van der Waals surface area contributed by atoms with Crippen LogP contribution in [0.2, 0.25) is 0 Å². The maximum atomic E-state index is 12.6. The Labute approximate surface area is 166 Å². The highest BCUT2D eigenvalue weighted by molar-refractivity contribution is 7.91. The van der Waals surface area contributed by atoms with Crippen LogP contribution in [0.4, 0.5) is 0 Å². The van der Waals surface area contributed by atoms with Crippen LogP contribution in [-0.4, -0.2) is 31.1 Å². The molecule has 1 aromatic carbocycles. The van der Waals surface area contributed by atoms with Crippen molar-refractivity contribution in [2.45, 2.75) is 58.2 Å². The summed E-state index contributed by atoms with van der Waals surface area (Å²) in [5, 5.41) is 2.90. The third-order valence-electron chi connectivity index (χ3n) is 5.43. The predicted molar refractivity (Wildman–Crippen MR) is 108 cm³/mol. The van der Waals surface area contributed by atoms with Crippen LogP contribution in [-0.2, 0) is 20.4 Å². The third-order valence-corrected chi connectivity index (χ3v) is 6.85. The average molecular weight is 405 g/mol. The number of aromatic nitrogens is 1. The van der Waals surface area contributed by atoms with Crippen LogP contribution in [0.25, 0.3) is 11.5 Å². The van der Waals surface area contributed by atoms with E-state index in [-0.39, 0.29) is 11.8 Å². The van der Waals surface area contributed by atoms with E-state index in [9.17, 15) is 13.2 Å². The Hall–Kier alpha value is -2.15. The number of carbonyl (C=O) groups is 1. The van der Waals surface area contributed by atoms with Gasteiger partial charge in [-0.15, -0.1) is 0 Å². The summed E-state index contributed by atoms with van der Waals surface area (Å²) in [6.45, 7) is 5.75. The zero-order valence-corrected chi connectivity index (χ0v) is 17.5. The molecule has 0 unspecified atom stereocenters. The number of aryl methyl sites for hydroxylation is 2. The normalized spacial score (nSPS) is 20.1. The Balaban J connectivity index is 1.67. The lowest BCUT2D eigenvalue weighted by atomic mass is 9.86. The average Bonchev–Trinajstić information content (AvgIpc) is 2.96. The monoisotopic (exact) mass is 404 g/mol. The number of hydrogen-bond donors (Lipinski definition) is 1. The van der Waals surface area contributed by atoms with Crippen molar-refractivity contribution < 1.29 is 17.6 Å². The van der Waals surface area contributed by atoms with Crippen molar-refractivity contribution in [3.05, 3.63) is 41.3 Å². The standard InChI is InChI=1S/C21H28N2O4S/c1-14-8-4-6-10-17(14)21-23-19(16(3)27-21)12-28(25,26)13-20(24)22-18-11-7-5-9-15(18)2/h4,6,8,10,15,18H,5,7,9,11-13H2,1-3H3,(H,22,24)/t15-,18-/m1/s1. The number of amides is 1. The Morgan fingerprint density at radius 1 is 1.21 bits per heavy atom. The first kappa shape index (κ1) is 20.6. The number of oxazole rings is 1. The highest BCUT2D eigenvalue weighted by atomic mass is 32.2. The van der Waals surface area contributed by atoms with Crippen LogP contribution in [0, 0.1) is 19.8 Å². The van der Waals surface area contributed by atoms with E-state index in [2.05, 4.69) is 17.2 Å². The summed E-state index contributed by atoms with van der Waals surface area (Å²) in [6, 6.07) is 7.71. The molecule has 1 saturated carbocycles. The van der Waals surface area contributed by atoms with Gasteiger partial charge in [-0.1, -0.05) is 38.0 Å². The van der Waals surface area contributed by atoms with Crippen molar-refractivity contribution >= 4 is 15.7 Å². The molecule has 0 radical (unpaired) electrons. The molecule has 1 aliphatic carbocycles. The molecular formula is C21H28N2O4S. The molecule has 0 bridgehead atoms. The van der Waals surface area contributed by atoms with E-state index in [1.165, 1.54) is 6.42 Å². The molecule has 28 heavy (non-hydrogen) atoms.